The van der Waals surface area contributed by atoms with Gasteiger partial charge in [0.25, 0.3) is 10.0 Å². The van der Waals surface area contributed by atoms with E-state index in [2.05, 4.69) is 36.0 Å². The van der Waals surface area contributed by atoms with Crippen LogP contribution in [-0.4, -0.2) is 55.2 Å². The molecule has 30 heavy (non-hydrogen) atoms. The molecule has 9 nitrogen and oxygen atoms in total. The zero-order valence-corrected chi connectivity index (χ0v) is 19.0. The first-order valence-corrected chi connectivity index (χ1v) is 11.8. The molecule has 3 aromatic heterocycles. The van der Waals surface area contributed by atoms with Gasteiger partial charge in [-0.3, -0.25) is 0 Å². The van der Waals surface area contributed by atoms with Crippen molar-refractivity contribution >= 4 is 15.7 Å². The highest BCUT2D eigenvalue weighted by Gasteiger charge is 2.33. The van der Waals surface area contributed by atoms with E-state index in [9.17, 15) is 8.42 Å². The zero-order chi connectivity index (χ0) is 21.7. The Morgan fingerprint density at radius 3 is 2.40 bits per heavy atom. The summed E-state index contributed by atoms with van der Waals surface area (Å²) in [6.07, 6.45) is 4.53. The molecule has 3 aromatic rings. The molecule has 0 aliphatic carbocycles. The fourth-order valence-corrected chi connectivity index (χ4v) is 5.07. The van der Waals surface area contributed by atoms with Crippen LogP contribution in [0.5, 0.6) is 0 Å². The Morgan fingerprint density at radius 1 is 1.10 bits per heavy atom. The number of imidazole rings is 1. The predicted octanol–water partition coefficient (Wildman–Crippen LogP) is 2.77. The standard InChI is InChI=1S/C20H29N7O2S/c1-14(2)25-12-18(21-13-25)30(28,29)26-10-8-15(9-11-26)19-23-22-17-7-6-16(20(3,4)5)24-27(17)19/h6-7,12-15H,8-11H2,1-5H3. The number of hydrogen-bond donors (Lipinski definition) is 0. The van der Waals surface area contributed by atoms with Crippen LogP contribution in [0.25, 0.3) is 5.65 Å². The van der Waals surface area contributed by atoms with Gasteiger partial charge in [-0.25, -0.2) is 13.4 Å². The molecule has 1 aliphatic rings. The van der Waals surface area contributed by atoms with Gasteiger partial charge in [0.05, 0.1) is 12.0 Å². The van der Waals surface area contributed by atoms with E-state index in [1.165, 1.54) is 4.31 Å². The third-order valence-electron chi connectivity index (χ3n) is 5.65. The van der Waals surface area contributed by atoms with Crippen molar-refractivity contribution in [2.45, 2.75) is 69.9 Å². The van der Waals surface area contributed by atoms with Crippen molar-refractivity contribution in [3.63, 3.8) is 0 Å². The fourth-order valence-electron chi connectivity index (χ4n) is 3.68. The molecule has 10 heteroatoms. The minimum absolute atomic E-state index is 0.0768. The molecule has 4 rings (SSSR count). The number of rotatable bonds is 4. The maximum Gasteiger partial charge on any atom is 0.262 e. The zero-order valence-electron chi connectivity index (χ0n) is 18.1. The van der Waals surface area contributed by atoms with Crippen LogP contribution in [0.3, 0.4) is 0 Å². The average Bonchev–Trinajstić information content (AvgIpc) is 3.35. The van der Waals surface area contributed by atoms with E-state index in [1.807, 2.05) is 30.5 Å². The second kappa shape index (κ2) is 7.42. The van der Waals surface area contributed by atoms with E-state index >= 15 is 0 Å². The van der Waals surface area contributed by atoms with Gasteiger partial charge in [-0.05, 0) is 38.8 Å². The van der Waals surface area contributed by atoms with Crippen LogP contribution in [0.15, 0.2) is 29.7 Å². The topological polar surface area (TPSA) is 98.3 Å². The Balaban J connectivity index is 1.53. The van der Waals surface area contributed by atoms with Gasteiger partial charge in [0.15, 0.2) is 16.5 Å². The number of hydrogen-bond acceptors (Lipinski definition) is 6. The molecule has 0 saturated carbocycles. The number of fused-ring (bicyclic) bond motifs is 1. The van der Waals surface area contributed by atoms with Crippen molar-refractivity contribution in [2.24, 2.45) is 0 Å². The Bertz CT molecular complexity index is 1150. The summed E-state index contributed by atoms with van der Waals surface area (Å²) in [4.78, 5) is 4.12. The summed E-state index contributed by atoms with van der Waals surface area (Å²) in [5.41, 5.74) is 1.61. The molecule has 162 valence electrons. The van der Waals surface area contributed by atoms with Gasteiger partial charge in [0.1, 0.15) is 0 Å². The molecule has 1 saturated heterocycles. The highest BCUT2D eigenvalue weighted by atomic mass is 32.2. The monoisotopic (exact) mass is 431 g/mol. The van der Waals surface area contributed by atoms with Gasteiger partial charge in [-0.15, -0.1) is 10.2 Å². The molecule has 0 spiro atoms. The highest BCUT2D eigenvalue weighted by molar-refractivity contribution is 7.89. The summed E-state index contributed by atoms with van der Waals surface area (Å²) < 4.78 is 31.1. The summed E-state index contributed by atoms with van der Waals surface area (Å²) >= 11 is 0. The van der Waals surface area contributed by atoms with Crippen LogP contribution in [-0.2, 0) is 15.4 Å². The van der Waals surface area contributed by atoms with Gasteiger partial charge in [0, 0.05) is 36.7 Å². The molecule has 0 radical (unpaired) electrons. The number of sulfonamides is 1. The molecule has 0 bridgehead atoms. The van der Waals surface area contributed by atoms with Crippen LogP contribution >= 0.6 is 0 Å². The van der Waals surface area contributed by atoms with E-state index in [-0.39, 0.29) is 22.4 Å². The Morgan fingerprint density at radius 2 is 1.80 bits per heavy atom. The lowest BCUT2D eigenvalue weighted by Gasteiger charge is -2.29. The quantitative estimate of drug-likeness (QED) is 0.630. The van der Waals surface area contributed by atoms with Crippen LogP contribution < -0.4 is 0 Å². The molecule has 1 fully saturated rings. The van der Waals surface area contributed by atoms with Crippen molar-refractivity contribution in [1.29, 1.82) is 0 Å². The van der Waals surface area contributed by atoms with Crippen molar-refractivity contribution < 1.29 is 8.42 Å². The van der Waals surface area contributed by atoms with Crippen LogP contribution in [0.1, 0.15) is 70.9 Å². The van der Waals surface area contributed by atoms with E-state index in [1.54, 1.807) is 17.1 Å². The average molecular weight is 432 g/mol. The van der Waals surface area contributed by atoms with E-state index < -0.39 is 10.0 Å². The highest BCUT2D eigenvalue weighted by Crippen LogP contribution is 2.30. The van der Waals surface area contributed by atoms with Gasteiger partial charge in [0.2, 0.25) is 0 Å². The maximum atomic E-state index is 13.0. The Kier molecular flexibility index (Phi) is 5.17. The summed E-state index contributed by atoms with van der Waals surface area (Å²) in [5.74, 6) is 0.916. The Labute approximate surface area is 177 Å². The van der Waals surface area contributed by atoms with E-state index in [0.29, 0.717) is 31.6 Å². The molecule has 0 amide bonds. The first-order chi connectivity index (χ1) is 14.1. The lowest BCUT2D eigenvalue weighted by Crippen LogP contribution is -2.38. The summed E-state index contributed by atoms with van der Waals surface area (Å²) in [7, 11) is -3.59. The van der Waals surface area contributed by atoms with Gasteiger partial charge in [-0.1, -0.05) is 20.8 Å². The van der Waals surface area contributed by atoms with Crippen molar-refractivity contribution in [1.82, 2.24) is 33.7 Å². The third-order valence-corrected chi connectivity index (χ3v) is 7.44. The SMILES string of the molecule is CC(C)n1cnc(S(=O)(=O)N2CCC(c3nnc4ccc(C(C)(C)C)nn34)CC2)c1. The second-order valence-electron chi connectivity index (χ2n) is 9.23. The summed E-state index contributed by atoms with van der Waals surface area (Å²) in [6, 6.07) is 4.09. The van der Waals surface area contributed by atoms with Crippen LogP contribution in [0.4, 0.5) is 0 Å². The smallest absolute Gasteiger partial charge is 0.262 e. The minimum Gasteiger partial charge on any atom is -0.334 e. The third kappa shape index (κ3) is 3.74. The molecule has 0 aromatic carbocycles. The molecular weight excluding hydrogens is 402 g/mol. The fraction of sp³-hybridized carbons (Fsp3) is 0.600. The van der Waals surface area contributed by atoms with Crippen molar-refractivity contribution in [3.05, 3.63) is 36.2 Å². The summed E-state index contributed by atoms with van der Waals surface area (Å²) in [5, 5.41) is 13.5. The first-order valence-electron chi connectivity index (χ1n) is 10.3. The lowest BCUT2D eigenvalue weighted by atomic mass is 9.92. The molecule has 4 heterocycles. The predicted molar refractivity (Wildman–Crippen MR) is 113 cm³/mol. The first kappa shape index (κ1) is 20.9. The second-order valence-corrected chi connectivity index (χ2v) is 11.1. The Hall–Kier alpha value is -2.33. The lowest BCUT2D eigenvalue weighted by molar-refractivity contribution is 0.310. The molecule has 0 unspecified atom stereocenters. The minimum atomic E-state index is -3.59. The number of aromatic nitrogens is 6. The normalized spacial score (nSPS) is 17.3. The van der Waals surface area contributed by atoms with Crippen molar-refractivity contribution in [3.8, 4) is 0 Å². The molecular formula is C20H29N7O2S. The van der Waals surface area contributed by atoms with Gasteiger partial charge in [-0.2, -0.15) is 13.9 Å². The molecule has 0 N–H and O–H groups in total. The van der Waals surface area contributed by atoms with E-state index in [0.717, 1.165) is 11.5 Å². The number of nitrogens with zero attached hydrogens (tertiary/aromatic N) is 7. The van der Waals surface area contributed by atoms with E-state index in [4.69, 9.17) is 5.10 Å². The largest absolute Gasteiger partial charge is 0.334 e. The number of piperidine rings is 1. The van der Waals surface area contributed by atoms with Gasteiger partial charge < -0.3 is 4.57 Å². The molecule has 1 aliphatic heterocycles. The molecule has 0 atom stereocenters. The summed E-state index contributed by atoms with van der Waals surface area (Å²) in [6.45, 7) is 11.2. The van der Waals surface area contributed by atoms with Crippen LogP contribution in [0.2, 0.25) is 0 Å². The van der Waals surface area contributed by atoms with Crippen molar-refractivity contribution in [2.75, 3.05) is 13.1 Å². The maximum absolute atomic E-state index is 13.0. The van der Waals surface area contributed by atoms with Gasteiger partial charge >= 0.3 is 0 Å². The van der Waals surface area contributed by atoms with Crippen LogP contribution in [0, 0.1) is 0 Å².